The van der Waals surface area contributed by atoms with Crippen LogP contribution in [0.5, 0.6) is 0 Å². The van der Waals surface area contributed by atoms with Gasteiger partial charge in [0.05, 0.1) is 37.2 Å². The quantitative estimate of drug-likeness (QED) is 0.0371. The number of esters is 4. The Labute approximate surface area is 329 Å². The van der Waals surface area contributed by atoms with Crippen molar-refractivity contribution in [3.63, 3.8) is 0 Å². The Bertz CT molecular complexity index is 888. The van der Waals surface area contributed by atoms with Crippen LogP contribution >= 0.6 is 0 Å². The first-order chi connectivity index (χ1) is 26.2. The molecule has 10 heteroatoms. The van der Waals surface area contributed by atoms with Gasteiger partial charge in [-0.1, -0.05) is 130 Å². The number of β-amino-alcohol motifs (C(OH)–C–C–N with tert-alkyl or cyclic N) is 1. The fourth-order valence-corrected chi connectivity index (χ4v) is 6.89. The number of carbonyl (C=O) groups excluding carboxylic acids is 4. The van der Waals surface area contributed by atoms with Crippen LogP contribution in [0, 0.1) is 11.8 Å². The number of aliphatic hydroxyl groups excluding tert-OH is 1. The molecule has 0 aromatic carbocycles. The van der Waals surface area contributed by atoms with Gasteiger partial charge in [-0.15, -0.1) is 0 Å². The number of ether oxygens (including phenoxy) is 4. The van der Waals surface area contributed by atoms with E-state index < -0.39 is 6.10 Å². The normalized spacial score (nSPS) is 14.9. The third-order valence-corrected chi connectivity index (χ3v) is 10.6. The SMILES string of the molecule is CCCCCCC(CCCC)C(=O)OCCCCCCC(=O)OCC(COC(=O)CCCCCCOC(=O)C(CCCC)CCCCCC)N1CC(O)C1. The molecule has 0 spiro atoms. The number of rotatable bonds is 37. The lowest BCUT2D eigenvalue weighted by atomic mass is 9.95. The van der Waals surface area contributed by atoms with Crippen LogP contribution in [-0.4, -0.2) is 85.5 Å². The fraction of sp³-hybridized carbons (Fsp3) is 0.909. The minimum atomic E-state index is -0.418. The summed E-state index contributed by atoms with van der Waals surface area (Å²) in [6, 6.07) is -0.286. The maximum atomic E-state index is 12.6. The van der Waals surface area contributed by atoms with Crippen molar-refractivity contribution in [1.82, 2.24) is 4.90 Å². The fourth-order valence-electron chi connectivity index (χ4n) is 6.89. The summed E-state index contributed by atoms with van der Waals surface area (Å²) >= 11 is 0. The van der Waals surface area contributed by atoms with E-state index in [9.17, 15) is 24.3 Å². The predicted molar refractivity (Wildman–Crippen MR) is 215 cm³/mol. The highest BCUT2D eigenvalue weighted by Crippen LogP contribution is 2.21. The lowest BCUT2D eigenvalue weighted by molar-refractivity contribution is -0.153. The van der Waals surface area contributed by atoms with Crippen LogP contribution < -0.4 is 0 Å². The Morgan fingerprint density at radius 3 is 1.26 bits per heavy atom. The zero-order chi connectivity index (χ0) is 39.7. The van der Waals surface area contributed by atoms with Crippen molar-refractivity contribution in [2.45, 2.75) is 207 Å². The standard InChI is InChI=1S/C44H81NO9/c1-5-9-13-19-27-37(25-11-7-3)43(49)51-31-23-17-15-21-29-41(47)53-35-39(45-33-40(46)34-45)36-54-42(48)30-22-16-18-24-32-52-44(50)38(26-12-8-4)28-20-14-10-6-2/h37-40,46H,5-36H2,1-4H3. The van der Waals surface area contributed by atoms with Crippen molar-refractivity contribution in [2.75, 3.05) is 39.5 Å². The second-order valence-electron chi connectivity index (χ2n) is 15.7. The molecule has 0 saturated carbocycles. The number of unbranched alkanes of at least 4 members (excludes halogenated alkanes) is 14. The summed E-state index contributed by atoms with van der Waals surface area (Å²) in [5, 5.41) is 9.81. The molecule has 1 heterocycles. The lowest BCUT2D eigenvalue weighted by Gasteiger charge is -2.41. The zero-order valence-corrected chi connectivity index (χ0v) is 35.1. The molecule has 316 valence electrons. The van der Waals surface area contributed by atoms with E-state index >= 15 is 0 Å². The van der Waals surface area contributed by atoms with Crippen molar-refractivity contribution in [3.05, 3.63) is 0 Å². The summed E-state index contributed by atoms with van der Waals surface area (Å²) in [5.41, 5.74) is 0. The smallest absolute Gasteiger partial charge is 0.308 e. The summed E-state index contributed by atoms with van der Waals surface area (Å²) in [7, 11) is 0. The molecule has 2 unspecified atom stereocenters. The summed E-state index contributed by atoms with van der Waals surface area (Å²) in [6.07, 6.45) is 23.9. The Hall–Kier alpha value is -2.20. The average Bonchev–Trinajstić information content (AvgIpc) is 3.15. The van der Waals surface area contributed by atoms with Crippen LogP contribution in [-0.2, 0) is 38.1 Å². The van der Waals surface area contributed by atoms with Gasteiger partial charge in [0.25, 0.3) is 0 Å². The molecule has 0 radical (unpaired) electrons. The maximum Gasteiger partial charge on any atom is 0.308 e. The highest BCUT2D eigenvalue weighted by molar-refractivity contribution is 5.72. The molecular formula is C44H81NO9. The average molecular weight is 768 g/mol. The first-order valence-electron chi connectivity index (χ1n) is 22.3. The minimum absolute atomic E-state index is 0.0158. The van der Waals surface area contributed by atoms with Gasteiger partial charge in [-0.25, -0.2) is 0 Å². The molecule has 1 aliphatic heterocycles. The van der Waals surface area contributed by atoms with Crippen molar-refractivity contribution >= 4 is 23.9 Å². The molecule has 0 amide bonds. The number of hydrogen-bond donors (Lipinski definition) is 1. The van der Waals surface area contributed by atoms with E-state index in [0.717, 1.165) is 103 Å². The van der Waals surface area contributed by atoms with Crippen LogP contribution in [0.1, 0.15) is 195 Å². The van der Waals surface area contributed by atoms with Gasteiger partial charge in [0, 0.05) is 25.9 Å². The van der Waals surface area contributed by atoms with Crippen molar-refractivity contribution in [1.29, 1.82) is 0 Å². The Balaban J connectivity index is 2.22. The highest BCUT2D eigenvalue weighted by atomic mass is 16.6. The monoisotopic (exact) mass is 768 g/mol. The summed E-state index contributed by atoms with van der Waals surface area (Å²) in [4.78, 5) is 52.2. The van der Waals surface area contributed by atoms with Crippen LogP contribution in [0.15, 0.2) is 0 Å². The van der Waals surface area contributed by atoms with Crippen molar-refractivity contribution in [2.24, 2.45) is 11.8 Å². The number of carbonyl (C=O) groups is 4. The molecule has 1 rings (SSSR count). The second-order valence-corrected chi connectivity index (χ2v) is 15.7. The molecule has 1 N–H and O–H groups in total. The topological polar surface area (TPSA) is 129 Å². The largest absolute Gasteiger partial charge is 0.465 e. The molecule has 54 heavy (non-hydrogen) atoms. The molecule has 0 aliphatic carbocycles. The van der Waals surface area contributed by atoms with E-state index in [1.54, 1.807) is 0 Å². The number of nitrogens with zero attached hydrogens (tertiary/aromatic N) is 1. The summed E-state index contributed by atoms with van der Waals surface area (Å²) in [5.74, 6) is -0.638. The van der Waals surface area contributed by atoms with Crippen molar-refractivity contribution < 1.29 is 43.2 Å². The number of aliphatic hydroxyl groups is 1. The Morgan fingerprint density at radius 1 is 0.500 bits per heavy atom. The predicted octanol–water partition coefficient (Wildman–Crippen LogP) is 9.66. The zero-order valence-electron chi connectivity index (χ0n) is 35.1. The molecular weight excluding hydrogens is 686 g/mol. The summed E-state index contributed by atoms with van der Waals surface area (Å²) < 4.78 is 22.3. The third kappa shape index (κ3) is 25.8. The van der Waals surface area contributed by atoms with Crippen molar-refractivity contribution in [3.8, 4) is 0 Å². The highest BCUT2D eigenvalue weighted by Gasteiger charge is 2.32. The second kappa shape index (κ2) is 34.1. The molecule has 0 aromatic rings. The van der Waals surface area contributed by atoms with Gasteiger partial charge in [0.2, 0.25) is 0 Å². The molecule has 1 saturated heterocycles. The van der Waals surface area contributed by atoms with E-state index in [4.69, 9.17) is 18.9 Å². The molecule has 0 aromatic heterocycles. The maximum absolute atomic E-state index is 12.6. The van der Waals surface area contributed by atoms with Crippen LogP contribution in [0.4, 0.5) is 0 Å². The van der Waals surface area contributed by atoms with Gasteiger partial charge in [0.15, 0.2) is 0 Å². The Kier molecular flexibility index (Phi) is 31.4. The minimum Gasteiger partial charge on any atom is -0.465 e. The van der Waals surface area contributed by atoms with Gasteiger partial charge in [0.1, 0.15) is 13.2 Å². The molecule has 10 nitrogen and oxygen atoms in total. The number of hydrogen-bond acceptors (Lipinski definition) is 10. The van der Waals surface area contributed by atoms with E-state index in [-0.39, 0.29) is 55.0 Å². The lowest BCUT2D eigenvalue weighted by Crippen LogP contribution is -2.58. The van der Waals surface area contributed by atoms with Crippen LogP contribution in [0.25, 0.3) is 0 Å². The first kappa shape index (κ1) is 49.8. The van der Waals surface area contributed by atoms with Crippen LogP contribution in [0.2, 0.25) is 0 Å². The van der Waals surface area contributed by atoms with Gasteiger partial charge in [-0.3, -0.25) is 24.1 Å². The summed E-state index contributed by atoms with van der Waals surface area (Å²) in [6.45, 7) is 10.7. The van der Waals surface area contributed by atoms with E-state index in [2.05, 4.69) is 27.7 Å². The number of likely N-dealkylation sites (tertiary alicyclic amines) is 1. The van der Waals surface area contributed by atoms with E-state index in [1.807, 2.05) is 4.90 Å². The Morgan fingerprint density at radius 2 is 0.870 bits per heavy atom. The van der Waals surface area contributed by atoms with Gasteiger partial charge in [-0.05, 0) is 51.4 Å². The molecule has 2 atom stereocenters. The van der Waals surface area contributed by atoms with Crippen LogP contribution in [0.3, 0.4) is 0 Å². The third-order valence-electron chi connectivity index (χ3n) is 10.6. The van der Waals surface area contributed by atoms with Gasteiger partial charge < -0.3 is 24.1 Å². The molecule has 0 bridgehead atoms. The first-order valence-corrected chi connectivity index (χ1v) is 22.3. The van der Waals surface area contributed by atoms with Gasteiger partial charge in [-0.2, -0.15) is 0 Å². The van der Waals surface area contributed by atoms with Gasteiger partial charge >= 0.3 is 23.9 Å². The van der Waals surface area contributed by atoms with E-state index in [0.29, 0.717) is 52.0 Å². The molecule has 1 fully saturated rings. The molecule has 1 aliphatic rings. The van der Waals surface area contributed by atoms with E-state index in [1.165, 1.54) is 38.5 Å².